The van der Waals surface area contributed by atoms with Crippen molar-refractivity contribution in [2.45, 2.75) is 33.1 Å². The maximum atomic E-state index is 6.11. The molecule has 1 aromatic rings. The van der Waals surface area contributed by atoms with Crippen LogP contribution in [0.4, 0.5) is 0 Å². The van der Waals surface area contributed by atoms with Gasteiger partial charge in [-0.2, -0.15) is 0 Å². The molecular formula is C11H14Cl2. The number of rotatable bonds is 2. The molecule has 0 aromatic heterocycles. The quantitative estimate of drug-likeness (QED) is 0.674. The summed E-state index contributed by atoms with van der Waals surface area (Å²) in [6, 6.07) is 3.94. The van der Waals surface area contributed by atoms with E-state index in [4.69, 9.17) is 23.2 Å². The normalized spacial score (nSPS) is 10.9. The van der Waals surface area contributed by atoms with Gasteiger partial charge >= 0.3 is 0 Å². The first-order valence-corrected chi connectivity index (χ1v) is 5.30. The summed E-state index contributed by atoms with van der Waals surface area (Å²) in [6.45, 7) is 6.43. The molecule has 0 fully saturated rings. The lowest BCUT2D eigenvalue weighted by molar-refractivity contribution is 0.844. The Labute approximate surface area is 89.9 Å². The second kappa shape index (κ2) is 4.34. The molecule has 0 amide bonds. The molecule has 2 heteroatoms. The first-order chi connectivity index (χ1) is 6.07. The van der Waals surface area contributed by atoms with Gasteiger partial charge in [0.2, 0.25) is 0 Å². The van der Waals surface area contributed by atoms with E-state index in [1.54, 1.807) is 0 Å². The van der Waals surface area contributed by atoms with Gasteiger partial charge in [0, 0.05) is 0 Å². The molecule has 72 valence electrons. The molecule has 0 saturated carbocycles. The molecule has 1 aromatic carbocycles. The van der Waals surface area contributed by atoms with Crippen LogP contribution in [0.2, 0.25) is 10.0 Å². The van der Waals surface area contributed by atoms with Crippen LogP contribution >= 0.6 is 23.2 Å². The van der Waals surface area contributed by atoms with Crippen LogP contribution in [0, 0.1) is 0 Å². The van der Waals surface area contributed by atoms with Crippen molar-refractivity contribution in [2.24, 2.45) is 0 Å². The van der Waals surface area contributed by atoms with Crippen LogP contribution in [0.1, 0.15) is 37.8 Å². The van der Waals surface area contributed by atoms with E-state index >= 15 is 0 Å². The average molecular weight is 217 g/mol. The second-order valence-electron chi connectivity index (χ2n) is 3.44. The molecule has 0 aliphatic carbocycles. The third-order valence-electron chi connectivity index (χ3n) is 2.21. The largest absolute Gasteiger partial charge is 0.0827 e. The number of benzene rings is 1. The summed E-state index contributed by atoms with van der Waals surface area (Å²) in [6.07, 6.45) is 0.937. The lowest BCUT2D eigenvalue weighted by Crippen LogP contribution is -1.96. The Morgan fingerprint density at radius 3 is 2.31 bits per heavy atom. The molecular weight excluding hydrogens is 203 g/mol. The molecule has 0 radical (unpaired) electrons. The zero-order chi connectivity index (χ0) is 10.0. The highest BCUT2D eigenvalue weighted by Gasteiger charge is 2.10. The van der Waals surface area contributed by atoms with Crippen LogP contribution in [0.3, 0.4) is 0 Å². The lowest BCUT2D eigenvalue weighted by Gasteiger charge is -2.13. The van der Waals surface area contributed by atoms with E-state index in [9.17, 15) is 0 Å². The zero-order valence-electron chi connectivity index (χ0n) is 8.20. The summed E-state index contributed by atoms with van der Waals surface area (Å²) in [5.74, 6) is 0.504. The Morgan fingerprint density at radius 1 is 1.23 bits per heavy atom. The maximum absolute atomic E-state index is 6.11. The van der Waals surface area contributed by atoms with E-state index in [1.165, 1.54) is 11.1 Å². The molecule has 0 atom stereocenters. The van der Waals surface area contributed by atoms with Crippen molar-refractivity contribution in [3.8, 4) is 0 Å². The molecule has 0 saturated heterocycles. The predicted octanol–water partition coefficient (Wildman–Crippen LogP) is 4.68. The van der Waals surface area contributed by atoms with Crippen molar-refractivity contribution < 1.29 is 0 Å². The molecule has 0 nitrogen and oxygen atoms in total. The van der Waals surface area contributed by atoms with Crippen LogP contribution in [0.25, 0.3) is 0 Å². The van der Waals surface area contributed by atoms with E-state index in [-0.39, 0.29) is 0 Å². The number of hydrogen-bond acceptors (Lipinski definition) is 0. The van der Waals surface area contributed by atoms with E-state index in [0.717, 1.165) is 11.4 Å². The van der Waals surface area contributed by atoms with Gasteiger partial charge in [-0.25, -0.2) is 0 Å². The third-order valence-corrected chi connectivity index (χ3v) is 3.05. The van der Waals surface area contributed by atoms with Gasteiger partial charge in [0.05, 0.1) is 10.0 Å². The van der Waals surface area contributed by atoms with Crippen molar-refractivity contribution in [1.82, 2.24) is 0 Å². The van der Waals surface area contributed by atoms with Gasteiger partial charge in [-0.3, -0.25) is 0 Å². The van der Waals surface area contributed by atoms with E-state index in [1.807, 2.05) is 6.07 Å². The second-order valence-corrected chi connectivity index (χ2v) is 4.22. The fourth-order valence-corrected chi connectivity index (χ4v) is 1.99. The minimum atomic E-state index is 0.504. The average Bonchev–Trinajstić information content (AvgIpc) is 2.09. The van der Waals surface area contributed by atoms with Gasteiger partial charge in [-0.1, -0.05) is 50.0 Å². The fraction of sp³-hybridized carbons (Fsp3) is 0.455. The van der Waals surface area contributed by atoms with Gasteiger partial charge in [-0.15, -0.1) is 0 Å². The third kappa shape index (κ3) is 2.18. The highest BCUT2D eigenvalue weighted by molar-refractivity contribution is 6.42. The summed E-state index contributed by atoms with van der Waals surface area (Å²) in [5.41, 5.74) is 2.49. The summed E-state index contributed by atoms with van der Waals surface area (Å²) >= 11 is 12.0. The predicted molar refractivity (Wildman–Crippen MR) is 59.9 cm³/mol. The number of halogens is 2. The smallest absolute Gasteiger partial charge is 0.0627 e. The van der Waals surface area contributed by atoms with Crippen LogP contribution in [0.15, 0.2) is 12.1 Å². The van der Waals surface area contributed by atoms with E-state index in [0.29, 0.717) is 10.9 Å². The highest BCUT2D eigenvalue weighted by Crippen LogP contribution is 2.32. The van der Waals surface area contributed by atoms with Crippen molar-refractivity contribution in [3.05, 3.63) is 33.3 Å². The van der Waals surface area contributed by atoms with E-state index in [2.05, 4.69) is 26.8 Å². The van der Waals surface area contributed by atoms with Crippen LogP contribution in [0.5, 0.6) is 0 Å². The standard InChI is InChI=1S/C11H14Cl2/c1-4-8-9(7(2)3)5-6-10(12)11(8)13/h5-7H,4H2,1-3H3. The molecule has 0 N–H and O–H groups in total. The zero-order valence-corrected chi connectivity index (χ0v) is 9.71. The SMILES string of the molecule is CCc1c(C(C)C)ccc(Cl)c1Cl. The Morgan fingerprint density at radius 2 is 1.85 bits per heavy atom. The van der Waals surface area contributed by atoms with Gasteiger partial charge in [0.1, 0.15) is 0 Å². The highest BCUT2D eigenvalue weighted by atomic mass is 35.5. The minimum Gasteiger partial charge on any atom is -0.0827 e. The Bertz CT molecular complexity index is 303. The monoisotopic (exact) mass is 216 g/mol. The van der Waals surface area contributed by atoms with E-state index < -0.39 is 0 Å². The summed E-state index contributed by atoms with van der Waals surface area (Å²) in [5, 5.41) is 1.37. The summed E-state index contributed by atoms with van der Waals surface area (Å²) in [7, 11) is 0. The first kappa shape index (κ1) is 10.9. The van der Waals surface area contributed by atoms with Gasteiger partial charge < -0.3 is 0 Å². The Balaban J connectivity index is 3.30. The van der Waals surface area contributed by atoms with Crippen LogP contribution < -0.4 is 0 Å². The molecule has 13 heavy (non-hydrogen) atoms. The van der Waals surface area contributed by atoms with Crippen molar-refractivity contribution in [2.75, 3.05) is 0 Å². The molecule has 0 unspecified atom stereocenters. The molecule has 1 rings (SSSR count). The minimum absolute atomic E-state index is 0.504. The number of hydrogen-bond donors (Lipinski definition) is 0. The van der Waals surface area contributed by atoms with Crippen molar-refractivity contribution in [3.63, 3.8) is 0 Å². The molecule has 0 spiro atoms. The van der Waals surface area contributed by atoms with Gasteiger partial charge in [0.15, 0.2) is 0 Å². The van der Waals surface area contributed by atoms with Crippen molar-refractivity contribution in [1.29, 1.82) is 0 Å². The lowest BCUT2D eigenvalue weighted by atomic mass is 9.96. The maximum Gasteiger partial charge on any atom is 0.0627 e. The van der Waals surface area contributed by atoms with Gasteiger partial charge in [0.25, 0.3) is 0 Å². The Kier molecular flexibility index (Phi) is 3.63. The summed E-state index contributed by atoms with van der Waals surface area (Å²) in [4.78, 5) is 0. The topological polar surface area (TPSA) is 0 Å². The molecule has 0 heterocycles. The van der Waals surface area contributed by atoms with Crippen LogP contribution in [-0.4, -0.2) is 0 Å². The van der Waals surface area contributed by atoms with Crippen LogP contribution in [-0.2, 0) is 6.42 Å². The summed E-state index contributed by atoms with van der Waals surface area (Å²) < 4.78 is 0. The van der Waals surface area contributed by atoms with Crippen molar-refractivity contribution >= 4 is 23.2 Å². The molecule has 0 aliphatic rings. The molecule has 0 bridgehead atoms. The molecule has 0 aliphatic heterocycles. The first-order valence-electron chi connectivity index (χ1n) is 4.54. The Hall–Kier alpha value is -0.200. The fourth-order valence-electron chi connectivity index (χ4n) is 1.51. The van der Waals surface area contributed by atoms with Gasteiger partial charge in [-0.05, 0) is 29.5 Å².